The van der Waals surface area contributed by atoms with Gasteiger partial charge in [0.15, 0.2) is 0 Å². The molecule has 2 N–H and O–H groups in total. The van der Waals surface area contributed by atoms with E-state index in [9.17, 15) is 5.11 Å². The molecule has 0 aliphatic carbocycles. The van der Waals surface area contributed by atoms with Crippen LogP contribution in [0.2, 0.25) is 0 Å². The molecule has 2 atom stereocenters. The van der Waals surface area contributed by atoms with Crippen molar-refractivity contribution in [1.82, 2.24) is 5.32 Å². The first-order valence-electron chi connectivity index (χ1n) is 5.50. The third-order valence-electron chi connectivity index (χ3n) is 2.36. The van der Waals surface area contributed by atoms with Crippen LogP contribution in [0.15, 0.2) is 0 Å². The average molecular weight is 219 g/mol. The van der Waals surface area contributed by atoms with Gasteiger partial charge in [-0.3, -0.25) is 0 Å². The molecule has 2 nitrogen and oxygen atoms in total. The van der Waals surface area contributed by atoms with Crippen LogP contribution in [0.3, 0.4) is 0 Å². The maximum absolute atomic E-state index is 9.94. The van der Waals surface area contributed by atoms with Gasteiger partial charge < -0.3 is 10.4 Å². The van der Waals surface area contributed by atoms with E-state index in [1.54, 1.807) is 11.8 Å². The minimum atomic E-state index is -0.569. The van der Waals surface area contributed by atoms with E-state index in [2.05, 4.69) is 19.2 Å². The Kier molecular flexibility index (Phi) is 7.69. The molecular weight excluding hydrogens is 194 g/mol. The molecule has 0 amide bonds. The van der Waals surface area contributed by atoms with Crippen LogP contribution in [0.4, 0.5) is 0 Å². The van der Waals surface area contributed by atoms with Crippen molar-refractivity contribution in [3.05, 3.63) is 0 Å². The van der Waals surface area contributed by atoms with Gasteiger partial charge in [-0.15, -0.1) is 0 Å². The second kappa shape index (κ2) is 7.55. The molecule has 0 radical (unpaired) electrons. The van der Waals surface area contributed by atoms with Crippen molar-refractivity contribution in [2.45, 2.75) is 51.7 Å². The SMILES string of the molecule is CCCC(CC)NCC(C)(O)CSC. The van der Waals surface area contributed by atoms with Crippen LogP contribution in [0.25, 0.3) is 0 Å². The zero-order chi connectivity index (χ0) is 11.0. The quantitative estimate of drug-likeness (QED) is 0.657. The van der Waals surface area contributed by atoms with Crippen LogP contribution in [-0.4, -0.2) is 35.3 Å². The zero-order valence-corrected chi connectivity index (χ0v) is 10.8. The number of thioether (sulfide) groups is 1. The Hall–Kier alpha value is 0.270. The summed E-state index contributed by atoms with van der Waals surface area (Å²) in [5.74, 6) is 0.794. The Morgan fingerprint density at radius 1 is 1.43 bits per heavy atom. The summed E-state index contributed by atoms with van der Waals surface area (Å²) < 4.78 is 0. The molecule has 0 saturated heterocycles. The van der Waals surface area contributed by atoms with Crippen LogP contribution < -0.4 is 5.32 Å². The topological polar surface area (TPSA) is 32.3 Å². The molecule has 0 aromatic heterocycles. The number of rotatable bonds is 8. The van der Waals surface area contributed by atoms with Gasteiger partial charge in [-0.2, -0.15) is 11.8 Å². The van der Waals surface area contributed by atoms with E-state index < -0.39 is 5.60 Å². The molecule has 0 aromatic carbocycles. The van der Waals surface area contributed by atoms with Gasteiger partial charge >= 0.3 is 0 Å². The molecule has 2 unspecified atom stereocenters. The lowest BCUT2D eigenvalue weighted by atomic mass is 10.1. The standard InChI is InChI=1S/C11H25NOS/c1-5-7-10(6-2)12-8-11(3,13)9-14-4/h10,12-13H,5-9H2,1-4H3. The molecule has 0 aliphatic rings. The van der Waals surface area contributed by atoms with Gasteiger partial charge in [0.1, 0.15) is 0 Å². The lowest BCUT2D eigenvalue weighted by Gasteiger charge is -2.26. The summed E-state index contributed by atoms with van der Waals surface area (Å²) in [7, 11) is 0. The molecule has 0 saturated carbocycles. The molecule has 14 heavy (non-hydrogen) atoms. The summed E-state index contributed by atoms with van der Waals surface area (Å²) in [4.78, 5) is 0. The number of nitrogens with one attached hydrogen (secondary N) is 1. The van der Waals surface area contributed by atoms with Crippen molar-refractivity contribution in [2.24, 2.45) is 0 Å². The van der Waals surface area contributed by atoms with Gasteiger partial charge in [-0.1, -0.05) is 20.3 Å². The van der Waals surface area contributed by atoms with Crippen LogP contribution in [-0.2, 0) is 0 Å². The van der Waals surface area contributed by atoms with Crippen molar-refractivity contribution < 1.29 is 5.11 Å². The lowest BCUT2D eigenvalue weighted by molar-refractivity contribution is 0.0807. The van der Waals surface area contributed by atoms with Gasteiger partial charge in [-0.05, 0) is 26.0 Å². The van der Waals surface area contributed by atoms with Gasteiger partial charge in [-0.25, -0.2) is 0 Å². The Morgan fingerprint density at radius 3 is 2.50 bits per heavy atom. The van der Waals surface area contributed by atoms with E-state index in [4.69, 9.17) is 0 Å². The average Bonchev–Trinajstić information content (AvgIpc) is 2.12. The summed E-state index contributed by atoms with van der Waals surface area (Å²) in [5.41, 5.74) is -0.569. The molecule has 0 bridgehead atoms. The minimum absolute atomic E-state index is 0.563. The highest BCUT2D eigenvalue weighted by molar-refractivity contribution is 7.98. The van der Waals surface area contributed by atoms with Crippen molar-refractivity contribution in [3.8, 4) is 0 Å². The summed E-state index contributed by atoms with van der Waals surface area (Å²) in [6, 6.07) is 0.563. The van der Waals surface area contributed by atoms with Crippen molar-refractivity contribution >= 4 is 11.8 Å². The fraction of sp³-hybridized carbons (Fsp3) is 1.00. The summed E-state index contributed by atoms with van der Waals surface area (Å²) in [5, 5.41) is 13.4. The normalized spacial score (nSPS) is 17.8. The van der Waals surface area contributed by atoms with Gasteiger partial charge in [0.2, 0.25) is 0 Å². The first kappa shape index (κ1) is 14.3. The largest absolute Gasteiger partial charge is 0.388 e. The Labute approximate surface area is 92.9 Å². The van der Waals surface area contributed by atoms with Crippen molar-refractivity contribution in [2.75, 3.05) is 18.6 Å². The number of hydrogen-bond donors (Lipinski definition) is 2. The maximum atomic E-state index is 9.94. The predicted octanol–water partition coefficient (Wildman–Crippen LogP) is 2.27. The van der Waals surface area contributed by atoms with E-state index in [-0.39, 0.29) is 0 Å². The zero-order valence-electron chi connectivity index (χ0n) is 9.97. The summed E-state index contributed by atoms with van der Waals surface area (Å²) in [6.45, 7) is 6.99. The number of hydrogen-bond acceptors (Lipinski definition) is 3. The molecule has 0 aliphatic heterocycles. The van der Waals surface area contributed by atoms with Crippen LogP contribution >= 0.6 is 11.8 Å². The van der Waals surface area contributed by atoms with Crippen LogP contribution in [0, 0.1) is 0 Å². The lowest BCUT2D eigenvalue weighted by Crippen LogP contribution is -2.44. The third-order valence-corrected chi connectivity index (χ3v) is 3.27. The third kappa shape index (κ3) is 6.68. The smallest absolute Gasteiger partial charge is 0.0833 e. The predicted molar refractivity (Wildman–Crippen MR) is 66.0 cm³/mol. The van der Waals surface area contributed by atoms with Crippen molar-refractivity contribution in [3.63, 3.8) is 0 Å². The molecule has 3 heteroatoms. The molecule has 0 spiro atoms. The Morgan fingerprint density at radius 2 is 2.07 bits per heavy atom. The van der Waals surface area contributed by atoms with E-state index in [0.29, 0.717) is 12.6 Å². The van der Waals surface area contributed by atoms with Crippen molar-refractivity contribution in [1.29, 1.82) is 0 Å². The van der Waals surface area contributed by atoms with E-state index in [1.165, 1.54) is 12.8 Å². The molecule has 0 heterocycles. The molecule has 0 rings (SSSR count). The van der Waals surface area contributed by atoms with E-state index in [0.717, 1.165) is 12.2 Å². The second-order valence-corrected chi connectivity index (χ2v) is 5.07. The fourth-order valence-electron chi connectivity index (χ4n) is 1.53. The highest BCUT2D eigenvalue weighted by Gasteiger charge is 2.20. The number of aliphatic hydroxyl groups is 1. The molecular formula is C11H25NOS. The Balaban J connectivity index is 3.76. The van der Waals surface area contributed by atoms with Gasteiger partial charge in [0.05, 0.1) is 5.60 Å². The van der Waals surface area contributed by atoms with Gasteiger partial charge in [0.25, 0.3) is 0 Å². The summed E-state index contributed by atoms with van der Waals surface area (Å²) in [6.07, 6.45) is 5.57. The highest BCUT2D eigenvalue weighted by atomic mass is 32.2. The first-order chi connectivity index (χ1) is 6.55. The van der Waals surface area contributed by atoms with Crippen LogP contribution in [0.5, 0.6) is 0 Å². The van der Waals surface area contributed by atoms with Gasteiger partial charge in [0, 0.05) is 18.3 Å². The van der Waals surface area contributed by atoms with E-state index >= 15 is 0 Å². The van der Waals surface area contributed by atoms with E-state index in [1.807, 2.05) is 13.2 Å². The molecule has 0 fully saturated rings. The minimum Gasteiger partial charge on any atom is -0.388 e. The first-order valence-corrected chi connectivity index (χ1v) is 6.89. The van der Waals surface area contributed by atoms with Crippen LogP contribution in [0.1, 0.15) is 40.0 Å². The maximum Gasteiger partial charge on any atom is 0.0833 e. The second-order valence-electron chi connectivity index (χ2n) is 4.20. The molecule has 86 valence electrons. The summed E-state index contributed by atoms with van der Waals surface area (Å²) >= 11 is 1.69. The fourth-order valence-corrected chi connectivity index (χ4v) is 2.25. The molecule has 0 aromatic rings. The monoisotopic (exact) mass is 219 g/mol. The Bertz CT molecular complexity index is 139. The highest BCUT2D eigenvalue weighted by Crippen LogP contribution is 2.10.